The van der Waals surface area contributed by atoms with Crippen molar-refractivity contribution >= 4 is 21.8 Å². The van der Waals surface area contributed by atoms with Crippen LogP contribution in [0.4, 0.5) is 8.78 Å². The third kappa shape index (κ3) is 2.77. The van der Waals surface area contributed by atoms with Gasteiger partial charge in [-0.2, -0.15) is 0 Å². The average molecular weight is 274 g/mol. The van der Waals surface area contributed by atoms with Crippen LogP contribution in [0.1, 0.15) is 10.4 Å². The van der Waals surface area contributed by atoms with Crippen LogP contribution >= 0.6 is 15.9 Å². The molecule has 1 aromatic carbocycles. The van der Waals surface area contributed by atoms with Crippen LogP contribution in [-0.4, -0.2) is 12.5 Å². The molecule has 0 radical (unpaired) electrons. The smallest absolute Gasteiger partial charge is 0.258 e. The zero-order chi connectivity index (χ0) is 11.4. The summed E-state index contributed by atoms with van der Waals surface area (Å²) in [6.07, 6.45) is 4.90. The van der Waals surface area contributed by atoms with Gasteiger partial charge in [0, 0.05) is 4.47 Å². The molecule has 1 N–H and O–H groups in total. The molecule has 0 aromatic heterocycles. The van der Waals surface area contributed by atoms with E-state index in [0.717, 1.165) is 12.1 Å². The molecule has 0 spiro atoms. The molecule has 0 unspecified atom stereocenters. The van der Waals surface area contributed by atoms with E-state index >= 15 is 0 Å². The van der Waals surface area contributed by atoms with Gasteiger partial charge in [-0.05, 0) is 12.1 Å². The van der Waals surface area contributed by atoms with E-state index < -0.39 is 23.1 Å². The molecule has 0 aliphatic heterocycles. The van der Waals surface area contributed by atoms with E-state index in [0.29, 0.717) is 0 Å². The molecule has 78 valence electrons. The van der Waals surface area contributed by atoms with E-state index in [2.05, 4.69) is 27.2 Å². The van der Waals surface area contributed by atoms with E-state index in [1.807, 2.05) is 0 Å². The predicted molar refractivity (Wildman–Crippen MR) is 55.2 cm³/mol. The van der Waals surface area contributed by atoms with Crippen molar-refractivity contribution in [2.75, 3.05) is 6.54 Å². The number of hydrogen-bond donors (Lipinski definition) is 1. The maximum atomic E-state index is 13.2. The summed E-state index contributed by atoms with van der Waals surface area (Å²) in [5, 5.41) is 2.18. The normalized spacial score (nSPS) is 9.47. The zero-order valence-corrected chi connectivity index (χ0v) is 9.07. The van der Waals surface area contributed by atoms with E-state index in [9.17, 15) is 13.6 Å². The lowest BCUT2D eigenvalue weighted by Crippen LogP contribution is -2.25. The van der Waals surface area contributed by atoms with E-state index in [1.165, 1.54) is 0 Å². The van der Waals surface area contributed by atoms with Crippen LogP contribution in [0.15, 0.2) is 16.6 Å². The van der Waals surface area contributed by atoms with Gasteiger partial charge in [0.05, 0.1) is 6.54 Å². The SMILES string of the molecule is C#CCNC(=O)c1c(F)cc(Br)cc1F. The van der Waals surface area contributed by atoms with Crippen LogP contribution in [0.5, 0.6) is 0 Å². The summed E-state index contributed by atoms with van der Waals surface area (Å²) in [6, 6.07) is 2.02. The first-order valence-corrected chi connectivity index (χ1v) is 4.71. The largest absolute Gasteiger partial charge is 0.341 e. The molecule has 5 heteroatoms. The van der Waals surface area contributed by atoms with Crippen molar-refractivity contribution < 1.29 is 13.6 Å². The van der Waals surface area contributed by atoms with E-state index in [1.54, 1.807) is 0 Å². The number of carbonyl (C=O) groups is 1. The Hall–Kier alpha value is -1.41. The summed E-state index contributed by atoms with van der Waals surface area (Å²) in [6.45, 7) is -0.0756. The molecule has 1 aromatic rings. The van der Waals surface area contributed by atoms with Gasteiger partial charge in [-0.25, -0.2) is 8.78 Å². The Kier molecular flexibility index (Phi) is 3.81. The third-order valence-corrected chi connectivity index (χ3v) is 2.04. The number of halogens is 3. The summed E-state index contributed by atoms with van der Waals surface area (Å²) in [4.78, 5) is 11.3. The van der Waals surface area contributed by atoms with Crippen molar-refractivity contribution in [3.05, 3.63) is 33.8 Å². The van der Waals surface area contributed by atoms with Crippen molar-refractivity contribution in [3.8, 4) is 12.3 Å². The Morgan fingerprint density at radius 2 is 2.00 bits per heavy atom. The van der Waals surface area contributed by atoms with Crippen LogP contribution < -0.4 is 5.32 Å². The van der Waals surface area contributed by atoms with Gasteiger partial charge >= 0.3 is 0 Å². The minimum absolute atomic E-state index is 0.0756. The number of rotatable bonds is 2. The second-order valence-electron chi connectivity index (χ2n) is 2.63. The number of benzene rings is 1. The third-order valence-electron chi connectivity index (χ3n) is 1.58. The Balaban J connectivity index is 3.04. The van der Waals surface area contributed by atoms with E-state index in [-0.39, 0.29) is 11.0 Å². The van der Waals surface area contributed by atoms with Crippen molar-refractivity contribution in [3.63, 3.8) is 0 Å². The number of carbonyl (C=O) groups excluding carboxylic acids is 1. The predicted octanol–water partition coefficient (Wildman–Crippen LogP) is 2.09. The lowest BCUT2D eigenvalue weighted by atomic mass is 10.2. The molecular formula is C10H6BrF2NO. The molecule has 0 bridgehead atoms. The van der Waals surface area contributed by atoms with Crippen LogP contribution in [0.25, 0.3) is 0 Å². The summed E-state index contributed by atoms with van der Waals surface area (Å²) >= 11 is 2.90. The molecular weight excluding hydrogens is 268 g/mol. The molecule has 0 aliphatic carbocycles. The van der Waals surface area contributed by atoms with Crippen molar-refractivity contribution in [1.82, 2.24) is 5.32 Å². The Morgan fingerprint density at radius 3 is 2.47 bits per heavy atom. The fourth-order valence-corrected chi connectivity index (χ4v) is 1.38. The standard InChI is InChI=1S/C10H6BrF2NO/c1-2-3-14-10(15)9-7(12)4-6(11)5-8(9)13/h1,4-5H,3H2,(H,14,15). The maximum absolute atomic E-state index is 13.2. The highest BCUT2D eigenvalue weighted by Crippen LogP contribution is 2.19. The van der Waals surface area contributed by atoms with Gasteiger partial charge in [-0.1, -0.05) is 21.9 Å². The van der Waals surface area contributed by atoms with Gasteiger partial charge in [0.1, 0.15) is 17.2 Å². The summed E-state index contributed by atoms with van der Waals surface area (Å²) in [5.74, 6) is -0.601. The zero-order valence-electron chi connectivity index (χ0n) is 7.48. The fourth-order valence-electron chi connectivity index (χ4n) is 0.979. The molecule has 0 saturated heterocycles. The monoisotopic (exact) mass is 273 g/mol. The molecule has 1 amide bonds. The highest BCUT2D eigenvalue weighted by molar-refractivity contribution is 9.10. The average Bonchev–Trinajstić information content (AvgIpc) is 2.12. The minimum atomic E-state index is -0.934. The topological polar surface area (TPSA) is 29.1 Å². The van der Waals surface area contributed by atoms with Crippen LogP contribution in [0, 0.1) is 24.0 Å². The second kappa shape index (κ2) is 4.89. The van der Waals surface area contributed by atoms with Gasteiger partial charge < -0.3 is 5.32 Å². The molecule has 0 heterocycles. The number of nitrogens with one attached hydrogen (secondary N) is 1. The Labute approximate surface area is 93.8 Å². The Bertz CT molecular complexity index is 417. The lowest BCUT2D eigenvalue weighted by Gasteiger charge is -2.04. The molecule has 0 aliphatic rings. The second-order valence-corrected chi connectivity index (χ2v) is 3.55. The first-order chi connectivity index (χ1) is 7.06. The first kappa shape index (κ1) is 11.7. The van der Waals surface area contributed by atoms with Gasteiger partial charge in [0.25, 0.3) is 5.91 Å². The maximum Gasteiger partial charge on any atom is 0.258 e. The van der Waals surface area contributed by atoms with Crippen LogP contribution in [-0.2, 0) is 0 Å². The lowest BCUT2D eigenvalue weighted by molar-refractivity contribution is 0.0950. The number of hydrogen-bond acceptors (Lipinski definition) is 1. The molecule has 2 nitrogen and oxygen atoms in total. The van der Waals surface area contributed by atoms with Gasteiger partial charge in [0.15, 0.2) is 0 Å². The Morgan fingerprint density at radius 1 is 1.47 bits per heavy atom. The molecule has 15 heavy (non-hydrogen) atoms. The first-order valence-electron chi connectivity index (χ1n) is 3.92. The van der Waals surface area contributed by atoms with Crippen molar-refractivity contribution in [2.24, 2.45) is 0 Å². The van der Waals surface area contributed by atoms with Gasteiger partial charge in [-0.15, -0.1) is 6.42 Å². The highest BCUT2D eigenvalue weighted by Gasteiger charge is 2.17. The molecule has 0 atom stereocenters. The summed E-state index contributed by atoms with van der Waals surface area (Å²) in [7, 11) is 0. The van der Waals surface area contributed by atoms with Crippen LogP contribution in [0.2, 0.25) is 0 Å². The number of terminal acetylenes is 1. The van der Waals surface area contributed by atoms with E-state index in [4.69, 9.17) is 6.42 Å². The summed E-state index contributed by atoms with van der Waals surface area (Å²) in [5.41, 5.74) is -0.631. The van der Waals surface area contributed by atoms with Crippen molar-refractivity contribution in [1.29, 1.82) is 0 Å². The molecule has 0 saturated carbocycles. The minimum Gasteiger partial charge on any atom is -0.341 e. The highest BCUT2D eigenvalue weighted by atomic mass is 79.9. The number of amides is 1. The van der Waals surface area contributed by atoms with Gasteiger partial charge in [0.2, 0.25) is 0 Å². The van der Waals surface area contributed by atoms with Crippen molar-refractivity contribution in [2.45, 2.75) is 0 Å². The molecule has 1 rings (SSSR count). The fraction of sp³-hybridized carbons (Fsp3) is 0.100. The van der Waals surface area contributed by atoms with Gasteiger partial charge in [-0.3, -0.25) is 4.79 Å². The quantitative estimate of drug-likeness (QED) is 0.822. The molecule has 0 fully saturated rings. The van der Waals surface area contributed by atoms with Crippen LogP contribution in [0.3, 0.4) is 0 Å². The summed E-state index contributed by atoms with van der Waals surface area (Å²) < 4.78 is 26.6.